The molecule has 0 saturated heterocycles. The first-order valence-electron chi connectivity index (χ1n) is 11.0. The molecule has 6 heteroatoms. The molecule has 3 aromatic rings. The molecule has 0 aliphatic rings. The van der Waals surface area contributed by atoms with E-state index in [1.807, 2.05) is 0 Å². The van der Waals surface area contributed by atoms with Crippen molar-refractivity contribution in [1.29, 1.82) is 0 Å². The molecular formula is C26H32FN3O2. The summed E-state index contributed by atoms with van der Waals surface area (Å²) in [5.74, 6) is 0.341. The third-order valence-electron chi connectivity index (χ3n) is 5.91. The van der Waals surface area contributed by atoms with E-state index < -0.39 is 0 Å². The molecule has 170 valence electrons. The Bertz CT molecular complexity index is 1040. The number of halogens is 1. The second kappa shape index (κ2) is 10.6. The minimum Gasteiger partial charge on any atom is -0.447 e. The van der Waals surface area contributed by atoms with E-state index in [0.717, 1.165) is 12.1 Å². The predicted molar refractivity (Wildman–Crippen MR) is 124 cm³/mol. The molecule has 0 bridgehead atoms. The number of hydrogen-bond donors (Lipinski definition) is 1. The van der Waals surface area contributed by atoms with E-state index in [1.54, 1.807) is 12.1 Å². The van der Waals surface area contributed by atoms with E-state index in [4.69, 9.17) is 4.42 Å². The Morgan fingerprint density at radius 3 is 2.50 bits per heavy atom. The standard InChI is InChI=1S/C26H32FN3O2/c1-17(2)20(5)30(14-22-12-18(3)6-7-19(22)4)15-25-29-24(16-32-25)26(31)28-13-21-8-10-23(27)11-9-21/h6-12,16-17,20H,13-15H2,1-5H3,(H,28,31)/t20-/m1/s1. The molecule has 32 heavy (non-hydrogen) atoms. The van der Waals surface area contributed by atoms with Crippen molar-refractivity contribution < 1.29 is 13.6 Å². The van der Waals surface area contributed by atoms with Gasteiger partial charge >= 0.3 is 0 Å². The van der Waals surface area contributed by atoms with E-state index in [0.29, 0.717) is 30.9 Å². The minimum absolute atomic E-state index is 0.242. The third-order valence-corrected chi connectivity index (χ3v) is 5.91. The molecule has 1 aromatic heterocycles. The maximum Gasteiger partial charge on any atom is 0.273 e. The average molecular weight is 438 g/mol. The Balaban J connectivity index is 1.68. The maximum absolute atomic E-state index is 13.0. The number of carbonyl (C=O) groups is 1. The van der Waals surface area contributed by atoms with E-state index in [2.05, 4.69) is 68.0 Å². The fraction of sp³-hybridized carbons (Fsp3) is 0.385. The maximum atomic E-state index is 13.0. The van der Waals surface area contributed by atoms with Gasteiger partial charge in [0.25, 0.3) is 5.91 Å². The summed E-state index contributed by atoms with van der Waals surface area (Å²) in [4.78, 5) is 19.2. The van der Waals surface area contributed by atoms with Crippen LogP contribution in [0.25, 0.3) is 0 Å². The Labute approximate surface area is 189 Å². The third kappa shape index (κ3) is 6.26. The largest absolute Gasteiger partial charge is 0.447 e. The lowest BCUT2D eigenvalue weighted by atomic mass is 10.0. The first-order chi connectivity index (χ1) is 15.2. The smallest absolute Gasteiger partial charge is 0.273 e. The summed E-state index contributed by atoms with van der Waals surface area (Å²) in [6, 6.07) is 12.8. The highest BCUT2D eigenvalue weighted by Gasteiger charge is 2.22. The number of nitrogens with zero attached hydrogens (tertiary/aromatic N) is 2. The van der Waals surface area contributed by atoms with Gasteiger partial charge in [-0.25, -0.2) is 9.37 Å². The molecule has 0 unspecified atom stereocenters. The number of oxazole rings is 1. The highest BCUT2D eigenvalue weighted by Crippen LogP contribution is 2.20. The molecule has 0 aliphatic heterocycles. The van der Waals surface area contributed by atoms with E-state index in [1.165, 1.54) is 35.1 Å². The lowest BCUT2D eigenvalue weighted by Crippen LogP contribution is -2.36. The Kier molecular flexibility index (Phi) is 7.80. The molecule has 0 spiro atoms. The molecular weight excluding hydrogens is 405 g/mol. The van der Waals surface area contributed by atoms with Gasteiger partial charge in [-0.3, -0.25) is 9.69 Å². The average Bonchev–Trinajstić information content (AvgIpc) is 3.23. The lowest BCUT2D eigenvalue weighted by Gasteiger charge is -2.31. The molecule has 1 amide bonds. The Hall–Kier alpha value is -2.99. The quantitative estimate of drug-likeness (QED) is 0.486. The number of amides is 1. The first-order valence-corrected chi connectivity index (χ1v) is 11.0. The van der Waals surface area contributed by atoms with Crippen molar-refractivity contribution in [3.8, 4) is 0 Å². The number of aryl methyl sites for hydroxylation is 2. The minimum atomic E-state index is -0.317. The van der Waals surface area contributed by atoms with Crippen LogP contribution in [0.15, 0.2) is 53.1 Å². The van der Waals surface area contributed by atoms with Gasteiger partial charge in [-0.1, -0.05) is 49.7 Å². The SMILES string of the molecule is Cc1ccc(C)c(CN(Cc2nc(C(=O)NCc3ccc(F)cc3)co2)[C@H](C)C(C)C)c1. The fourth-order valence-corrected chi connectivity index (χ4v) is 3.49. The van der Waals surface area contributed by atoms with Crippen molar-refractivity contribution >= 4 is 5.91 Å². The number of aromatic nitrogens is 1. The topological polar surface area (TPSA) is 58.4 Å². The summed E-state index contributed by atoms with van der Waals surface area (Å²) in [5, 5.41) is 2.80. The lowest BCUT2D eigenvalue weighted by molar-refractivity contribution is 0.0945. The summed E-state index contributed by atoms with van der Waals surface area (Å²) >= 11 is 0. The second-order valence-electron chi connectivity index (χ2n) is 8.76. The number of benzene rings is 2. The molecule has 1 heterocycles. The van der Waals surface area contributed by atoms with Gasteiger partial charge in [0, 0.05) is 19.1 Å². The van der Waals surface area contributed by atoms with Crippen molar-refractivity contribution in [2.24, 2.45) is 5.92 Å². The van der Waals surface area contributed by atoms with Gasteiger partial charge < -0.3 is 9.73 Å². The van der Waals surface area contributed by atoms with Crippen molar-refractivity contribution in [1.82, 2.24) is 15.2 Å². The normalized spacial score (nSPS) is 12.4. The molecule has 0 aliphatic carbocycles. The Morgan fingerprint density at radius 2 is 1.81 bits per heavy atom. The van der Waals surface area contributed by atoms with Crippen molar-refractivity contribution in [3.63, 3.8) is 0 Å². The molecule has 5 nitrogen and oxygen atoms in total. The van der Waals surface area contributed by atoms with Crippen molar-refractivity contribution in [2.75, 3.05) is 0 Å². The molecule has 0 fully saturated rings. The van der Waals surface area contributed by atoms with Gasteiger partial charge in [-0.15, -0.1) is 0 Å². The number of rotatable bonds is 9. The highest BCUT2D eigenvalue weighted by molar-refractivity contribution is 5.91. The van der Waals surface area contributed by atoms with E-state index in [9.17, 15) is 9.18 Å². The number of nitrogens with one attached hydrogen (secondary N) is 1. The fourth-order valence-electron chi connectivity index (χ4n) is 3.49. The monoisotopic (exact) mass is 437 g/mol. The zero-order valence-electron chi connectivity index (χ0n) is 19.5. The zero-order valence-corrected chi connectivity index (χ0v) is 19.5. The molecule has 2 aromatic carbocycles. The summed E-state index contributed by atoms with van der Waals surface area (Å²) in [6.07, 6.45) is 1.39. The summed E-state index contributed by atoms with van der Waals surface area (Å²) in [5.41, 5.74) is 4.82. The molecule has 3 rings (SSSR count). The van der Waals surface area contributed by atoms with Crippen LogP contribution in [-0.2, 0) is 19.6 Å². The van der Waals surface area contributed by atoms with Crippen LogP contribution in [0.4, 0.5) is 4.39 Å². The van der Waals surface area contributed by atoms with E-state index >= 15 is 0 Å². The van der Waals surface area contributed by atoms with Crippen LogP contribution in [0.5, 0.6) is 0 Å². The summed E-state index contributed by atoms with van der Waals surface area (Å²) in [6.45, 7) is 12.4. The number of carbonyl (C=O) groups excluding carboxylic acids is 1. The molecule has 1 N–H and O–H groups in total. The van der Waals surface area contributed by atoms with Gasteiger partial charge in [-0.2, -0.15) is 0 Å². The van der Waals surface area contributed by atoms with Crippen LogP contribution in [0.1, 0.15) is 59.4 Å². The second-order valence-corrected chi connectivity index (χ2v) is 8.76. The zero-order chi connectivity index (χ0) is 23.3. The van der Waals surface area contributed by atoms with E-state index in [-0.39, 0.29) is 17.4 Å². The summed E-state index contributed by atoms with van der Waals surface area (Å²) < 4.78 is 18.7. The van der Waals surface area contributed by atoms with Gasteiger partial charge in [0.15, 0.2) is 5.69 Å². The predicted octanol–water partition coefficient (Wildman–Crippen LogP) is 5.41. The van der Waals surface area contributed by atoms with Crippen LogP contribution in [0.2, 0.25) is 0 Å². The Morgan fingerprint density at radius 1 is 1.09 bits per heavy atom. The molecule has 0 radical (unpaired) electrons. The van der Waals surface area contributed by atoms with Gasteiger partial charge in [-0.05, 0) is 55.5 Å². The first kappa shape index (κ1) is 23.7. The van der Waals surface area contributed by atoms with Gasteiger partial charge in [0.1, 0.15) is 12.1 Å². The van der Waals surface area contributed by atoms with Crippen molar-refractivity contribution in [2.45, 2.75) is 60.3 Å². The summed E-state index contributed by atoms with van der Waals surface area (Å²) in [7, 11) is 0. The molecule has 1 atom stereocenters. The van der Waals surface area contributed by atoms with Crippen LogP contribution in [0.3, 0.4) is 0 Å². The molecule has 0 saturated carbocycles. The van der Waals surface area contributed by atoms with Gasteiger partial charge in [0.2, 0.25) is 5.89 Å². The van der Waals surface area contributed by atoms with Gasteiger partial charge in [0.05, 0.1) is 6.54 Å². The van der Waals surface area contributed by atoms with Crippen molar-refractivity contribution in [3.05, 3.63) is 88.4 Å². The van der Waals surface area contributed by atoms with Crippen LogP contribution >= 0.6 is 0 Å². The van der Waals surface area contributed by atoms with Crippen LogP contribution in [-0.4, -0.2) is 21.8 Å². The van der Waals surface area contributed by atoms with Crippen LogP contribution in [0, 0.1) is 25.6 Å². The van der Waals surface area contributed by atoms with Crippen LogP contribution < -0.4 is 5.32 Å². The highest BCUT2D eigenvalue weighted by atomic mass is 19.1. The number of hydrogen-bond acceptors (Lipinski definition) is 4.